The molecule has 0 aliphatic heterocycles. The first-order valence-electron chi connectivity index (χ1n) is 10.2. The Hall–Kier alpha value is -0.916. The van der Waals surface area contributed by atoms with Crippen LogP contribution in [0.2, 0.25) is 0 Å². The van der Waals surface area contributed by atoms with Crippen molar-refractivity contribution in [3.8, 4) is 11.1 Å². The normalized spacial score (nSPS) is 12.1. The third-order valence-electron chi connectivity index (χ3n) is 4.71. The van der Waals surface area contributed by atoms with Crippen molar-refractivity contribution in [2.45, 2.75) is 66.2 Å². The van der Waals surface area contributed by atoms with Crippen LogP contribution in [0, 0.1) is 12.1 Å². The van der Waals surface area contributed by atoms with Crippen LogP contribution in [0.5, 0.6) is 0 Å². The van der Waals surface area contributed by atoms with Crippen LogP contribution in [0.15, 0.2) is 48.6 Å². The molecule has 0 spiro atoms. The summed E-state index contributed by atoms with van der Waals surface area (Å²) < 4.78 is 1.42. The van der Waals surface area contributed by atoms with E-state index in [-0.39, 0.29) is 24.8 Å². The maximum absolute atomic E-state index is 3.62. The van der Waals surface area contributed by atoms with Gasteiger partial charge in [0.05, 0.1) is 0 Å². The number of rotatable bonds is 2. The van der Waals surface area contributed by atoms with Gasteiger partial charge in [0.2, 0.25) is 0 Å². The summed E-state index contributed by atoms with van der Waals surface area (Å²) in [5.41, 5.74) is 8.41. The summed E-state index contributed by atoms with van der Waals surface area (Å²) >= 11 is 2.08. The molecular formula is C27H32Cl2Ti-2. The van der Waals surface area contributed by atoms with Gasteiger partial charge in [0.15, 0.2) is 0 Å². The summed E-state index contributed by atoms with van der Waals surface area (Å²) in [6, 6.07) is 15.1. The van der Waals surface area contributed by atoms with Gasteiger partial charge in [-0.2, -0.15) is 29.8 Å². The maximum Gasteiger partial charge on any atom is -0.109 e. The predicted molar refractivity (Wildman–Crippen MR) is 120 cm³/mol. The zero-order valence-electron chi connectivity index (χ0n) is 18.9. The van der Waals surface area contributed by atoms with E-state index >= 15 is 0 Å². The standard InChI is InChI=1S/C19H21.C5H5.C3H6.2ClH.Ti/c1-12(2)14-5-7-18-16(9-14)11-17-10-15(13(3)4)6-8-19(17)18;1-2-4-5-3-1;1-3-2;;;/h5-9,12-13H,11H2,1-4H3;1-3H,4H2;1-2H3;2*1H;/q2*-1;;;;+2/p-2. The third kappa shape index (κ3) is 8.68. The van der Waals surface area contributed by atoms with E-state index < -0.39 is 0 Å². The molecule has 4 rings (SSSR count). The van der Waals surface area contributed by atoms with Crippen LogP contribution < -0.4 is 24.8 Å². The maximum atomic E-state index is 3.62. The van der Waals surface area contributed by atoms with E-state index in [0.717, 1.165) is 12.8 Å². The van der Waals surface area contributed by atoms with Gasteiger partial charge >= 0.3 is 37.6 Å². The quantitative estimate of drug-likeness (QED) is 0.388. The van der Waals surface area contributed by atoms with Gasteiger partial charge in [-0.3, -0.25) is 6.08 Å². The largest absolute Gasteiger partial charge is 1.00 e. The van der Waals surface area contributed by atoms with Crippen LogP contribution in [0.1, 0.15) is 82.1 Å². The van der Waals surface area contributed by atoms with Gasteiger partial charge in [0, 0.05) is 0 Å². The van der Waals surface area contributed by atoms with Crippen LogP contribution in [-0.4, -0.2) is 3.81 Å². The number of allylic oxidation sites excluding steroid dienone is 4. The molecule has 0 saturated heterocycles. The molecular weight excluding hydrogens is 443 g/mol. The Morgan fingerprint density at radius 2 is 1.57 bits per heavy atom. The van der Waals surface area contributed by atoms with Gasteiger partial charge in [-0.1, -0.05) is 51.5 Å². The zero-order chi connectivity index (χ0) is 20.7. The fraction of sp³-hybridized carbons (Fsp3) is 0.370. The first kappa shape index (κ1) is 29.1. The van der Waals surface area contributed by atoms with Gasteiger partial charge in [-0.15, -0.1) is 17.5 Å². The summed E-state index contributed by atoms with van der Waals surface area (Å²) in [4.78, 5) is 0. The molecule has 0 N–H and O–H groups in total. The van der Waals surface area contributed by atoms with Crippen LogP contribution in [0.4, 0.5) is 0 Å². The van der Waals surface area contributed by atoms with Crippen LogP contribution in [-0.2, 0) is 26.4 Å². The Balaban J connectivity index is 0.000000645. The van der Waals surface area contributed by atoms with Crippen molar-refractivity contribution in [1.29, 1.82) is 0 Å². The third-order valence-corrected chi connectivity index (χ3v) is 4.71. The van der Waals surface area contributed by atoms with Gasteiger partial charge < -0.3 is 24.8 Å². The first-order valence-corrected chi connectivity index (χ1v) is 11.0. The molecule has 0 atom stereocenters. The molecule has 0 radical (unpaired) electrons. The average molecular weight is 475 g/mol. The molecule has 0 heterocycles. The minimum absolute atomic E-state index is 0. The van der Waals surface area contributed by atoms with E-state index in [1.54, 1.807) is 0 Å². The fourth-order valence-electron chi connectivity index (χ4n) is 3.20. The van der Waals surface area contributed by atoms with Gasteiger partial charge in [-0.05, 0) is 29.4 Å². The van der Waals surface area contributed by atoms with E-state index in [1.165, 1.54) is 37.2 Å². The Kier molecular flexibility index (Phi) is 13.8. The molecule has 2 aliphatic rings. The Labute approximate surface area is 208 Å². The van der Waals surface area contributed by atoms with Gasteiger partial charge in [-0.25, -0.2) is 12.2 Å². The number of fused-ring (bicyclic) bond motifs is 3. The Morgan fingerprint density at radius 3 is 2.03 bits per heavy atom. The van der Waals surface area contributed by atoms with Crippen molar-refractivity contribution in [1.82, 2.24) is 0 Å². The van der Waals surface area contributed by atoms with E-state index in [1.807, 2.05) is 12.2 Å². The van der Waals surface area contributed by atoms with E-state index in [9.17, 15) is 0 Å². The summed E-state index contributed by atoms with van der Waals surface area (Å²) in [5.74, 6) is 1.16. The summed E-state index contributed by atoms with van der Waals surface area (Å²) in [7, 11) is 0. The molecule has 0 aromatic heterocycles. The van der Waals surface area contributed by atoms with E-state index in [4.69, 9.17) is 0 Å². The average Bonchev–Trinajstić information content (AvgIpc) is 3.31. The van der Waals surface area contributed by atoms with Crippen molar-refractivity contribution in [2.75, 3.05) is 0 Å². The fourth-order valence-corrected chi connectivity index (χ4v) is 3.20. The smallest absolute Gasteiger partial charge is 0.109 e. The van der Waals surface area contributed by atoms with Crippen molar-refractivity contribution < 1.29 is 44.8 Å². The minimum atomic E-state index is 0. The predicted octanol–water partition coefficient (Wildman–Crippen LogP) is 1.36. The molecule has 0 nitrogen and oxygen atoms in total. The molecule has 2 aromatic carbocycles. The monoisotopic (exact) mass is 474 g/mol. The molecule has 0 unspecified atom stereocenters. The summed E-state index contributed by atoms with van der Waals surface area (Å²) in [5, 5.41) is 0. The van der Waals surface area contributed by atoms with Crippen molar-refractivity contribution in [2.24, 2.45) is 0 Å². The molecule has 0 amide bonds. The Bertz CT molecular complexity index is 807. The van der Waals surface area contributed by atoms with Crippen molar-refractivity contribution >= 4 is 3.81 Å². The number of benzene rings is 2. The van der Waals surface area contributed by atoms with Crippen LogP contribution in [0.3, 0.4) is 0 Å². The molecule has 30 heavy (non-hydrogen) atoms. The molecule has 0 saturated carbocycles. The number of hydrogen-bond donors (Lipinski definition) is 0. The molecule has 0 bridgehead atoms. The van der Waals surface area contributed by atoms with Crippen molar-refractivity contribution in [3.63, 3.8) is 0 Å². The minimum Gasteiger partial charge on any atom is -1.00 e. The van der Waals surface area contributed by atoms with Crippen molar-refractivity contribution in [3.05, 3.63) is 83.0 Å². The summed E-state index contributed by atoms with van der Waals surface area (Å²) in [6.07, 6.45) is 11.0. The summed E-state index contributed by atoms with van der Waals surface area (Å²) in [6.45, 7) is 13.1. The van der Waals surface area contributed by atoms with Gasteiger partial charge in [0.25, 0.3) is 0 Å². The second-order valence-electron chi connectivity index (χ2n) is 8.21. The molecule has 2 aliphatic carbocycles. The second kappa shape index (κ2) is 14.2. The van der Waals surface area contributed by atoms with Crippen LogP contribution >= 0.6 is 0 Å². The van der Waals surface area contributed by atoms with Crippen LogP contribution in [0.25, 0.3) is 11.1 Å². The number of hydrogen-bond acceptors (Lipinski definition) is 0. The number of halogens is 2. The van der Waals surface area contributed by atoms with E-state index in [2.05, 4.69) is 110 Å². The molecule has 2 aromatic rings. The molecule has 0 fully saturated rings. The van der Waals surface area contributed by atoms with Gasteiger partial charge in [0.1, 0.15) is 0 Å². The van der Waals surface area contributed by atoms with E-state index in [0.29, 0.717) is 11.8 Å². The molecule has 3 heteroatoms. The SMILES string of the molecule is CC(C)c1[c-]c2c(cc1)-c1ccc(C(C)C)cc1C2.C[C](C)=[Ti+2].[C-]1=CC=CC1.[Cl-].[Cl-]. The zero-order valence-corrected chi connectivity index (χ0v) is 22.0. The second-order valence-corrected chi connectivity index (χ2v) is 9.77. The Morgan fingerprint density at radius 1 is 0.933 bits per heavy atom. The molecule has 160 valence electrons. The first-order chi connectivity index (χ1) is 13.3. The topological polar surface area (TPSA) is 0 Å².